The van der Waals surface area contributed by atoms with E-state index in [-0.39, 0.29) is 0 Å². The largest absolute Gasteiger partial charge is 0.480 e. The van der Waals surface area contributed by atoms with Gasteiger partial charge in [-0.15, -0.1) is 0 Å². The number of carboxylic acid groups (broad SMARTS) is 1. The number of nitrogens with zero attached hydrogens (tertiary/aromatic N) is 2. The van der Waals surface area contributed by atoms with Crippen LogP contribution in [0.2, 0.25) is 0 Å². The summed E-state index contributed by atoms with van der Waals surface area (Å²) in [5.74, 6) is -0.679. The maximum atomic E-state index is 12.2. The maximum Gasteiger partial charge on any atom is 0.326 e. The summed E-state index contributed by atoms with van der Waals surface area (Å²) in [6.07, 6.45) is 1.26. The second kappa shape index (κ2) is 6.27. The summed E-state index contributed by atoms with van der Waals surface area (Å²) in [5.41, 5.74) is 1.05. The van der Waals surface area contributed by atoms with Crippen molar-refractivity contribution in [3.63, 3.8) is 0 Å². The van der Waals surface area contributed by atoms with E-state index in [0.717, 1.165) is 6.42 Å². The van der Waals surface area contributed by atoms with Crippen LogP contribution in [0.3, 0.4) is 0 Å². The number of carboxylic acids is 1. The molecule has 1 fully saturated rings. The summed E-state index contributed by atoms with van der Waals surface area (Å²) in [6, 6.07) is 7.24. The molecule has 0 spiro atoms. The topological polar surface area (TPSA) is 93.4 Å². The smallest absolute Gasteiger partial charge is 0.326 e. The van der Waals surface area contributed by atoms with E-state index >= 15 is 0 Å². The van der Waals surface area contributed by atoms with Crippen molar-refractivity contribution in [3.8, 4) is 6.07 Å². The van der Waals surface area contributed by atoms with Gasteiger partial charge in [-0.05, 0) is 43.0 Å². The van der Waals surface area contributed by atoms with Crippen molar-refractivity contribution in [2.45, 2.75) is 25.8 Å². The number of anilines is 1. The van der Waals surface area contributed by atoms with Crippen LogP contribution in [0.1, 0.15) is 25.3 Å². The summed E-state index contributed by atoms with van der Waals surface area (Å²) in [4.78, 5) is 24.9. The second-order valence-corrected chi connectivity index (χ2v) is 5.30. The predicted molar refractivity (Wildman–Crippen MR) is 76.7 cm³/mol. The zero-order valence-electron chi connectivity index (χ0n) is 11.7. The Bertz CT molecular complexity index is 577. The van der Waals surface area contributed by atoms with Crippen molar-refractivity contribution in [2.75, 3.05) is 11.9 Å². The number of carbonyl (C=O) groups excluding carboxylic acids is 1. The number of hydrogen-bond donors (Lipinski definition) is 2. The predicted octanol–water partition coefficient (Wildman–Crippen LogP) is 2.28. The molecule has 110 valence electrons. The molecule has 1 aromatic carbocycles. The highest BCUT2D eigenvalue weighted by Crippen LogP contribution is 2.23. The fraction of sp³-hybridized carbons (Fsp3) is 0.400. The molecule has 1 aromatic rings. The molecule has 1 heterocycles. The van der Waals surface area contributed by atoms with E-state index in [1.807, 2.05) is 13.0 Å². The van der Waals surface area contributed by atoms with Crippen molar-refractivity contribution in [1.29, 1.82) is 5.26 Å². The number of rotatable bonds is 2. The van der Waals surface area contributed by atoms with E-state index in [9.17, 15) is 14.7 Å². The number of benzene rings is 1. The van der Waals surface area contributed by atoms with Gasteiger partial charge in [-0.2, -0.15) is 5.26 Å². The van der Waals surface area contributed by atoms with Gasteiger partial charge in [0, 0.05) is 12.2 Å². The number of nitriles is 1. The normalized spacial score (nSPS) is 21.4. The molecule has 0 bridgehead atoms. The number of carbonyl (C=O) groups is 2. The van der Waals surface area contributed by atoms with Crippen LogP contribution in [0, 0.1) is 17.2 Å². The van der Waals surface area contributed by atoms with Crippen LogP contribution in [0.4, 0.5) is 10.5 Å². The molecule has 2 rings (SSSR count). The first-order chi connectivity index (χ1) is 10.0. The molecular weight excluding hydrogens is 270 g/mol. The Kier molecular flexibility index (Phi) is 4.43. The average molecular weight is 287 g/mol. The highest BCUT2D eigenvalue weighted by Gasteiger charge is 2.34. The average Bonchev–Trinajstić information content (AvgIpc) is 2.47. The van der Waals surface area contributed by atoms with Crippen LogP contribution in [0.15, 0.2) is 24.3 Å². The first-order valence-corrected chi connectivity index (χ1v) is 6.82. The molecular formula is C15H17N3O3. The van der Waals surface area contributed by atoms with E-state index in [0.29, 0.717) is 30.1 Å². The monoisotopic (exact) mass is 287 g/mol. The summed E-state index contributed by atoms with van der Waals surface area (Å²) < 4.78 is 0. The molecule has 2 amide bonds. The minimum Gasteiger partial charge on any atom is -0.480 e. The van der Waals surface area contributed by atoms with Gasteiger partial charge in [-0.3, -0.25) is 0 Å². The zero-order valence-corrected chi connectivity index (χ0v) is 11.7. The molecule has 0 saturated carbocycles. The molecule has 2 atom stereocenters. The van der Waals surface area contributed by atoms with Gasteiger partial charge >= 0.3 is 12.0 Å². The Balaban J connectivity index is 2.07. The molecule has 6 heteroatoms. The first-order valence-electron chi connectivity index (χ1n) is 6.82. The Morgan fingerprint density at radius 1 is 1.38 bits per heavy atom. The van der Waals surface area contributed by atoms with Gasteiger partial charge in [0.25, 0.3) is 0 Å². The Morgan fingerprint density at radius 3 is 2.62 bits per heavy atom. The highest BCUT2D eigenvalue weighted by molar-refractivity contribution is 5.92. The number of hydrogen-bond acceptors (Lipinski definition) is 3. The minimum atomic E-state index is -0.975. The fourth-order valence-corrected chi connectivity index (χ4v) is 2.44. The van der Waals surface area contributed by atoms with Gasteiger partial charge in [0.1, 0.15) is 6.04 Å². The van der Waals surface area contributed by atoms with Crippen molar-refractivity contribution in [1.82, 2.24) is 4.90 Å². The lowest BCUT2D eigenvalue weighted by Crippen LogP contribution is -2.51. The third kappa shape index (κ3) is 3.51. The van der Waals surface area contributed by atoms with Crippen molar-refractivity contribution < 1.29 is 14.7 Å². The molecule has 0 aromatic heterocycles. The van der Waals surface area contributed by atoms with Gasteiger partial charge in [-0.1, -0.05) is 6.92 Å². The molecule has 1 aliphatic rings. The SMILES string of the molecule is CC1CCN(C(=O)Nc2ccc(C#N)cc2)C(C(=O)O)C1. The maximum absolute atomic E-state index is 12.2. The lowest BCUT2D eigenvalue weighted by atomic mass is 9.93. The van der Waals surface area contributed by atoms with Gasteiger partial charge in [0.15, 0.2) is 0 Å². The van der Waals surface area contributed by atoms with Crippen LogP contribution < -0.4 is 5.32 Å². The van der Waals surface area contributed by atoms with Crippen LogP contribution in [-0.4, -0.2) is 34.6 Å². The van der Waals surface area contributed by atoms with Crippen LogP contribution in [-0.2, 0) is 4.79 Å². The summed E-state index contributed by atoms with van der Waals surface area (Å²) in [7, 11) is 0. The van der Waals surface area contributed by atoms with Crippen molar-refractivity contribution >= 4 is 17.7 Å². The summed E-state index contributed by atoms with van der Waals surface area (Å²) in [6.45, 7) is 2.42. The highest BCUT2D eigenvalue weighted by atomic mass is 16.4. The third-order valence-corrected chi connectivity index (χ3v) is 3.68. The molecule has 6 nitrogen and oxygen atoms in total. The second-order valence-electron chi connectivity index (χ2n) is 5.30. The number of urea groups is 1. The van der Waals surface area contributed by atoms with Gasteiger partial charge in [-0.25, -0.2) is 9.59 Å². The van der Waals surface area contributed by atoms with Gasteiger partial charge in [0.05, 0.1) is 11.6 Å². The van der Waals surface area contributed by atoms with Crippen LogP contribution in [0.25, 0.3) is 0 Å². The molecule has 0 radical (unpaired) electrons. The minimum absolute atomic E-state index is 0.296. The number of aliphatic carboxylic acids is 1. The van der Waals surface area contributed by atoms with E-state index in [1.54, 1.807) is 24.3 Å². The molecule has 2 unspecified atom stereocenters. The number of piperidine rings is 1. The standard InChI is InChI=1S/C15H17N3O3/c1-10-6-7-18(13(8-10)14(19)20)15(21)17-12-4-2-11(9-16)3-5-12/h2-5,10,13H,6-8H2,1H3,(H,17,21)(H,19,20). The fourth-order valence-electron chi connectivity index (χ4n) is 2.44. The molecule has 1 aliphatic heterocycles. The molecule has 2 N–H and O–H groups in total. The molecule has 21 heavy (non-hydrogen) atoms. The van der Waals surface area contributed by atoms with E-state index in [4.69, 9.17) is 5.26 Å². The summed E-state index contributed by atoms with van der Waals surface area (Å²) >= 11 is 0. The zero-order chi connectivity index (χ0) is 15.4. The van der Waals surface area contributed by atoms with E-state index in [2.05, 4.69) is 5.32 Å². The van der Waals surface area contributed by atoms with Crippen molar-refractivity contribution in [3.05, 3.63) is 29.8 Å². The summed E-state index contributed by atoms with van der Waals surface area (Å²) in [5, 5.41) is 20.7. The Morgan fingerprint density at radius 2 is 2.05 bits per heavy atom. The van der Waals surface area contributed by atoms with Crippen molar-refractivity contribution in [2.24, 2.45) is 5.92 Å². The van der Waals surface area contributed by atoms with E-state index in [1.165, 1.54) is 4.90 Å². The Hall–Kier alpha value is -2.55. The number of likely N-dealkylation sites (tertiary alicyclic amines) is 1. The van der Waals surface area contributed by atoms with Crippen LogP contribution in [0.5, 0.6) is 0 Å². The quantitative estimate of drug-likeness (QED) is 0.872. The molecule has 1 saturated heterocycles. The lowest BCUT2D eigenvalue weighted by Gasteiger charge is -2.35. The Labute approximate surface area is 123 Å². The number of amides is 2. The lowest BCUT2D eigenvalue weighted by molar-refractivity contribution is -0.143. The van der Waals surface area contributed by atoms with Gasteiger partial charge < -0.3 is 15.3 Å². The van der Waals surface area contributed by atoms with Crippen LogP contribution >= 0.6 is 0 Å². The first kappa shape index (κ1) is 14.9. The van der Waals surface area contributed by atoms with E-state index < -0.39 is 18.0 Å². The number of nitrogens with one attached hydrogen (secondary N) is 1. The van der Waals surface area contributed by atoms with Gasteiger partial charge in [0.2, 0.25) is 0 Å². The third-order valence-electron chi connectivity index (χ3n) is 3.68. The molecule has 0 aliphatic carbocycles.